The number of alkyl halides is 3. The van der Waals surface area contributed by atoms with Gasteiger partial charge in [-0.2, -0.15) is 13.2 Å². The van der Waals surface area contributed by atoms with Crippen LogP contribution in [0.1, 0.15) is 23.6 Å². The summed E-state index contributed by atoms with van der Waals surface area (Å²) in [4.78, 5) is 12.0. The first kappa shape index (κ1) is 21.0. The molecule has 0 radical (unpaired) electrons. The molecule has 0 saturated heterocycles. The Bertz CT molecular complexity index is 650. The number of nitrogens with two attached hydrogens (primary N) is 1. The van der Waals surface area contributed by atoms with Gasteiger partial charge in [-0.25, -0.2) is 0 Å². The summed E-state index contributed by atoms with van der Waals surface area (Å²) in [7, 11) is 0. The van der Waals surface area contributed by atoms with Crippen molar-refractivity contribution < 1.29 is 18.0 Å². The lowest BCUT2D eigenvalue weighted by atomic mass is 10.0. The Morgan fingerprint density at radius 3 is 2.04 bits per heavy atom. The Labute approximate surface area is 150 Å². The summed E-state index contributed by atoms with van der Waals surface area (Å²) in [5.74, 6) is -0.718. The fraction of sp³-hybridized carbons (Fsp3) is 0.278. The van der Waals surface area contributed by atoms with Gasteiger partial charge in [0.05, 0.1) is 0 Å². The molecular formula is C18H20ClF3N2O. The van der Waals surface area contributed by atoms with E-state index < -0.39 is 24.2 Å². The number of benzene rings is 2. The standard InChI is InChI=1S/C18H19F3N2O.ClH/c19-18(20,21)16(11-13-7-3-1-4-8-13)23-17(24)12-15(22)14-9-5-2-6-10-14;/h1-10,15-16H,11-12,22H2,(H,23,24);1H. The lowest BCUT2D eigenvalue weighted by Gasteiger charge is -2.22. The number of halogens is 4. The number of rotatable bonds is 6. The van der Waals surface area contributed by atoms with Crippen LogP contribution in [-0.2, 0) is 11.2 Å². The van der Waals surface area contributed by atoms with Crippen LogP contribution in [0.2, 0.25) is 0 Å². The van der Waals surface area contributed by atoms with Crippen molar-refractivity contribution in [3.05, 3.63) is 71.8 Å². The lowest BCUT2D eigenvalue weighted by molar-refractivity contribution is -0.161. The summed E-state index contributed by atoms with van der Waals surface area (Å²) in [6.07, 6.45) is -5.04. The molecule has 3 N–H and O–H groups in total. The molecule has 0 aliphatic heterocycles. The highest BCUT2D eigenvalue weighted by Gasteiger charge is 2.40. The monoisotopic (exact) mass is 372 g/mol. The van der Waals surface area contributed by atoms with E-state index in [9.17, 15) is 18.0 Å². The number of nitrogens with one attached hydrogen (secondary N) is 1. The quantitative estimate of drug-likeness (QED) is 0.810. The van der Waals surface area contributed by atoms with Crippen molar-refractivity contribution in [1.82, 2.24) is 5.32 Å². The van der Waals surface area contributed by atoms with Crippen LogP contribution < -0.4 is 11.1 Å². The van der Waals surface area contributed by atoms with Gasteiger partial charge in [-0.15, -0.1) is 12.4 Å². The summed E-state index contributed by atoms with van der Waals surface area (Å²) in [6, 6.07) is 14.5. The zero-order valence-corrected chi connectivity index (χ0v) is 14.2. The molecule has 7 heteroatoms. The van der Waals surface area contributed by atoms with Crippen LogP contribution in [0.15, 0.2) is 60.7 Å². The van der Waals surface area contributed by atoms with Gasteiger partial charge in [0, 0.05) is 18.9 Å². The van der Waals surface area contributed by atoms with Gasteiger partial charge in [0.15, 0.2) is 0 Å². The van der Waals surface area contributed by atoms with E-state index in [4.69, 9.17) is 5.73 Å². The molecule has 2 aromatic carbocycles. The van der Waals surface area contributed by atoms with E-state index in [0.29, 0.717) is 11.1 Å². The summed E-state index contributed by atoms with van der Waals surface area (Å²) in [6.45, 7) is 0. The average Bonchev–Trinajstić information content (AvgIpc) is 2.55. The number of carbonyl (C=O) groups is 1. The van der Waals surface area contributed by atoms with Crippen molar-refractivity contribution >= 4 is 18.3 Å². The SMILES string of the molecule is Cl.NC(CC(=O)NC(Cc1ccccc1)C(F)(F)F)c1ccccc1. The summed E-state index contributed by atoms with van der Waals surface area (Å²) in [5, 5.41) is 2.06. The van der Waals surface area contributed by atoms with E-state index in [-0.39, 0.29) is 25.2 Å². The van der Waals surface area contributed by atoms with Crippen LogP contribution in [0.3, 0.4) is 0 Å². The minimum absolute atomic E-state index is 0. The lowest BCUT2D eigenvalue weighted by Crippen LogP contribution is -2.47. The second-order valence-corrected chi connectivity index (χ2v) is 5.57. The van der Waals surface area contributed by atoms with Crippen molar-refractivity contribution in [2.45, 2.75) is 31.1 Å². The normalized spacial score (nSPS) is 13.4. The molecule has 136 valence electrons. The summed E-state index contributed by atoms with van der Waals surface area (Å²) < 4.78 is 39.5. The highest BCUT2D eigenvalue weighted by Crippen LogP contribution is 2.24. The zero-order valence-electron chi connectivity index (χ0n) is 13.4. The molecule has 0 bridgehead atoms. The Hall–Kier alpha value is -2.05. The van der Waals surface area contributed by atoms with Crippen LogP contribution in [0, 0.1) is 0 Å². The van der Waals surface area contributed by atoms with E-state index in [2.05, 4.69) is 5.32 Å². The molecule has 2 rings (SSSR count). The maximum absolute atomic E-state index is 13.2. The Morgan fingerprint density at radius 1 is 1.00 bits per heavy atom. The molecule has 0 spiro atoms. The Morgan fingerprint density at radius 2 is 1.52 bits per heavy atom. The Kier molecular flexibility index (Phi) is 7.93. The number of hydrogen-bond acceptors (Lipinski definition) is 2. The molecule has 0 aliphatic rings. The average molecular weight is 373 g/mol. The van der Waals surface area contributed by atoms with E-state index in [1.165, 1.54) is 0 Å². The Balaban J connectivity index is 0.00000312. The number of carbonyl (C=O) groups excluding carboxylic acids is 1. The van der Waals surface area contributed by atoms with E-state index in [1.807, 2.05) is 0 Å². The third kappa shape index (κ3) is 6.76. The molecule has 0 aliphatic carbocycles. The summed E-state index contributed by atoms with van der Waals surface area (Å²) in [5.41, 5.74) is 7.11. The zero-order chi connectivity index (χ0) is 17.6. The molecule has 2 unspecified atom stereocenters. The maximum atomic E-state index is 13.2. The first-order valence-electron chi connectivity index (χ1n) is 7.57. The van der Waals surface area contributed by atoms with Crippen molar-refractivity contribution in [2.75, 3.05) is 0 Å². The van der Waals surface area contributed by atoms with Crippen LogP contribution in [0.5, 0.6) is 0 Å². The maximum Gasteiger partial charge on any atom is 0.408 e. The minimum atomic E-state index is -4.53. The minimum Gasteiger partial charge on any atom is -0.344 e. The van der Waals surface area contributed by atoms with Gasteiger partial charge in [0.2, 0.25) is 5.91 Å². The smallest absolute Gasteiger partial charge is 0.344 e. The predicted octanol–water partition coefficient (Wildman–Crippen LogP) is 3.79. The molecule has 2 aromatic rings. The van der Waals surface area contributed by atoms with Crippen LogP contribution in [-0.4, -0.2) is 18.1 Å². The molecule has 0 fully saturated rings. The van der Waals surface area contributed by atoms with Gasteiger partial charge in [-0.1, -0.05) is 60.7 Å². The second kappa shape index (κ2) is 9.44. The topological polar surface area (TPSA) is 55.1 Å². The fourth-order valence-corrected chi connectivity index (χ4v) is 2.37. The third-order valence-electron chi connectivity index (χ3n) is 3.65. The van der Waals surface area contributed by atoms with Crippen LogP contribution >= 0.6 is 12.4 Å². The van der Waals surface area contributed by atoms with Crippen molar-refractivity contribution in [3.8, 4) is 0 Å². The van der Waals surface area contributed by atoms with Gasteiger partial charge in [-0.3, -0.25) is 4.79 Å². The van der Waals surface area contributed by atoms with Gasteiger partial charge in [0.1, 0.15) is 6.04 Å². The first-order valence-corrected chi connectivity index (χ1v) is 7.57. The number of hydrogen-bond donors (Lipinski definition) is 2. The van der Waals surface area contributed by atoms with Crippen molar-refractivity contribution in [1.29, 1.82) is 0 Å². The molecule has 0 heterocycles. The molecule has 0 saturated carbocycles. The highest BCUT2D eigenvalue weighted by molar-refractivity contribution is 5.85. The van der Waals surface area contributed by atoms with Crippen LogP contribution in [0.25, 0.3) is 0 Å². The van der Waals surface area contributed by atoms with Gasteiger partial charge >= 0.3 is 6.18 Å². The van der Waals surface area contributed by atoms with Crippen molar-refractivity contribution in [3.63, 3.8) is 0 Å². The second-order valence-electron chi connectivity index (χ2n) is 5.57. The van der Waals surface area contributed by atoms with Gasteiger partial charge in [-0.05, 0) is 11.1 Å². The van der Waals surface area contributed by atoms with Gasteiger partial charge in [0.25, 0.3) is 0 Å². The van der Waals surface area contributed by atoms with E-state index in [1.54, 1.807) is 60.7 Å². The summed E-state index contributed by atoms with van der Waals surface area (Å²) >= 11 is 0. The molecule has 25 heavy (non-hydrogen) atoms. The van der Waals surface area contributed by atoms with Gasteiger partial charge < -0.3 is 11.1 Å². The highest BCUT2D eigenvalue weighted by atomic mass is 35.5. The molecule has 3 nitrogen and oxygen atoms in total. The van der Waals surface area contributed by atoms with Crippen LogP contribution in [0.4, 0.5) is 13.2 Å². The third-order valence-corrected chi connectivity index (χ3v) is 3.65. The molecular weight excluding hydrogens is 353 g/mol. The number of amides is 1. The predicted molar refractivity (Wildman–Crippen MR) is 93.4 cm³/mol. The molecule has 1 amide bonds. The van der Waals surface area contributed by atoms with E-state index >= 15 is 0 Å². The first-order chi connectivity index (χ1) is 11.4. The molecule has 0 aromatic heterocycles. The van der Waals surface area contributed by atoms with E-state index in [0.717, 1.165) is 0 Å². The molecule has 2 atom stereocenters. The fourth-order valence-electron chi connectivity index (χ4n) is 2.37. The largest absolute Gasteiger partial charge is 0.408 e. The van der Waals surface area contributed by atoms with Crippen molar-refractivity contribution in [2.24, 2.45) is 5.73 Å².